The second-order valence-electron chi connectivity index (χ2n) is 2.39. The minimum Gasteiger partial charge on any atom is -0.481 e. The SMILES string of the molecule is C=CC(=O)NOC(=O)CCCC(=O)O. The van der Waals surface area contributed by atoms with E-state index >= 15 is 0 Å². The Balaban J connectivity index is 3.51. The molecule has 0 aliphatic rings. The molecule has 0 aromatic carbocycles. The number of carboxylic acid groups (broad SMARTS) is 1. The van der Waals surface area contributed by atoms with Crippen molar-refractivity contribution in [2.75, 3.05) is 0 Å². The number of hydrogen-bond acceptors (Lipinski definition) is 4. The number of amides is 1. The predicted octanol–water partition coefficient (Wildman–Crippen LogP) is 0.00170. The molecule has 0 aromatic heterocycles. The Morgan fingerprint density at radius 1 is 1.36 bits per heavy atom. The third kappa shape index (κ3) is 6.84. The first-order valence-corrected chi connectivity index (χ1v) is 3.90. The average Bonchev–Trinajstić information content (AvgIpc) is 2.13. The zero-order chi connectivity index (χ0) is 11.0. The molecular formula is C8H11NO5. The molecule has 6 heteroatoms. The Hall–Kier alpha value is -1.85. The maximum Gasteiger partial charge on any atom is 0.332 e. The van der Waals surface area contributed by atoms with E-state index in [1.54, 1.807) is 0 Å². The van der Waals surface area contributed by atoms with E-state index in [4.69, 9.17) is 5.11 Å². The molecule has 0 saturated heterocycles. The summed E-state index contributed by atoms with van der Waals surface area (Å²) in [6, 6.07) is 0. The predicted molar refractivity (Wildman–Crippen MR) is 45.9 cm³/mol. The molecule has 0 atom stereocenters. The molecule has 0 aliphatic carbocycles. The highest BCUT2D eigenvalue weighted by atomic mass is 16.7. The Labute approximate surface area is 80.5 Å². The molecule has 2 N–H and O–H groups in total. The number of carboxylic acids is 1. The van der Waals surface area contributed by atoms with Crippen molar-refractivity contribution in [2.24, 2.45) is 0 Å². The number of hydrogen-bond donors (Lipinski definition) is 2. The highest BCUT2D eigenvalue weighted by molar-refractivity contribution is 5.87. The van der Waals surface area contributed by atoms with Gasteiger partial charge in [-0.1, -0.05) is 6.58 Å². The summed E-state index contributed by atoms with van der Waals surface area (Å²) in [5.41, 5.74) is 1.82. The van der Waals surface area contributed by atoms with Gasteiger partial charge in [0.25, 0.3) is 5.91 Å². The standard InChI is InChI=1S/C8H11NO5/c1-2-6(10)9-14-8(13)5-3-4-7(11)12/h2H,1,3-5H2,(H,9,10)(H,11,12). The lowest BCUT2D eigenvalue weighted by atomic mass is 10.2. The van der Waals surface area contributed by atoms with E-state index in [0.717, 1.165) is 6.08 Å². The van der Waals surface area contributed by atoms with E-state index in [-0.39, 0.29) is 19.3 Å². The minimum absolute atomic E-state index is 0.0519. The number of rotatable bonds is 5. The molecule has 0 unspecified atom stereocenters. The second kappa shape index (κ2) is 6.64. The largest absolute Gasteiger partial charge is 0.481 e. The Bertz CT molecular complexity index is 248. The van der Waals surface area contributed by atoms with Gasteiger partial charge in [-0.3, -0.25) is 9.59 Å². The molecule has 78 valence electrons. The summed E-state index contributed by atoms with van der Waals surface area (Å²) in [4.78, 5) is 35.6. The first-order chi connectivity index (χ1) is 6.56. The van der Waals surface area contributed by atoms with Crippen LogP contribution in [0.15, 0.2) is 12.7 Å². The lowest BCUT2D eigenvalue weighted by Crippen LogP contribution is -2.25. The van der Waals surface area contributed by atoms with Gasteiger partial charge in [0.05, 0.1) is 0 Å². The fraction of sp³-hybridized carbons (Fsp3) is 0.375. The van der Waals surface area contributed by atoms with E-state index in [9.17, 15) is 14.4 Å². The quantitative estimate of drug-likeness (QED) is 0.482. The number of carbonyl (C=O) groups is 3. The summed E-state index contributed by atoms with van der Waals surface area (Å²) in [5, 5.41) is 8.25. The maximum absolute atomic E-state index is 10.8. The van der Waals surface area contributed by atoms with E-state index in [1.807, 2.05) is 5.48 Å². The molecule has 0 spiro atoms. The third-order valence-electron chi connectivity index (χ3n) is 1.22. The van der Waals surface area contributed by atoms with Gasteiger partial charge in [-0.2, -0.15) is 5.48 Å². The lowest BCUT2D eigenvalue weighted by molar-refractivity contribution is -0.156. The molecule has 6 nitrogen and oxygen atoms in total. The Morgan fingerprint density at radius 2 is 2.00 bits per heavy atom. The molecule has 14 heavy (non-hydrogen) atoms. The molecule has 0 heterocycles. The normalized spacial score (nSPS) is 8.86. The smallest absolute Gasteiger partial charge is 0.332 e. The van der Waals surface area contributed by atoms with Crippen LogP contribution in [0.4, 0.5) is 0 Å². The van der Waals surface area contributed by atoms with E-state index in [0.29, 0.717) is 0 Å². The van der Waals surface area contributed by atoms with Gasteiger partial charge >= 0.3 is 11.9 Å². The maximum atomic E-state index is 10.8. The van der Waals surface area contributed by atoms with Crippen molar-refractivity contribution in [3.05, 3.63) is 12.7 Å². The molecule has 1 amide bonds. The van der Waals surface area contributed by atoms with Crippen molar-refractivity contribution in [1.29, 1.82) is 0 Å². The van der Waals surface area contributed by atoms with E-state index in [1.165, 1.54) is 0 Å². The van der Waals surface area contributed by atoms with Crippen molar-refractivity contribution in [3.63, 3.8) is 0 Å². The summed E-state index contributed by atoms with van der Waals surface area (Å²) in [5.74, 6) is -2.29. The first-order valence-electron chi connectivity index (χ1n) is 3.90. The molecule has 0 rings (SSSR count). The summed E-state index contributed by atoms with van der Waals surface area (Å²) < 4.78 is 0. The van der Waals surface area contributed by atoms with Crippen LogP contribution in [-0.4, -0.2) is 23.0 Å². The zero-order valence-corrected chi connectivity index (χ0v) is 7.49. The Morgan fingerprint density at radius 3 is 2.50 bits per heavy atom. The minimum atomic E-state index is -0.979. The fourth-order valence-corrected chi connectivity index (χ4v) is 0.584. The Kier molecular flexibility index (Phi) is 5.77. The molecule has 0 saturated carbocycles. The molecule has 0 fully saturated rings. The van der Waals surface area contributed by atoms with Crippen LogP contribution in [-0.2, 0) is 19.2 Å². The number of nitrogens with one attached hydrogen (secondary N) is 1. The van der Waals surface area contributed by atoms with Gasteiger partial charge in [0.1, 0.15) is 0 Å². The van der Waals surface area contributed by atoms with Gasteiger partial charge in [-0.15, -0.1) is 0 Å². The van der Waals surface area contributed by atoms with Gasteiger partial charge < -0.3 is 9.94 Å². The van der Waals surface area contributed by atoms with E-state index < -0.39 is 17.8 Å². The summed E-state index contributed by atoms with van der Waals surface area (Å²) in [6.45, 7) is 3.14. The highest BCUT2D eigenvalue weighted by Gasteiger charge is 2.06. The van der Waals surface area contributed by atoms with Crippen LogP contribution in [0.2, 0.25) is 0 Å². The highest BCUT2D eigenvalue weighted by Crippen LogP contribution is 1.96. The van der Waals surface area contributed by atoms with Crippen LogP contribution in [0, 0.1) is 0 Å². The average molecular weight is 201 g/mol. The first kappa shape index (κ1) is 12.2. The van der Waals surface area contributed by atoms with Gasteiger partial charge in [-0.25, -0.2) is 4.79 Å². The van der Waals surface area contributed by atoms with Crippen molar-refractivity contribution < 1.29 is 24.3 Å². The third-order valence-corrected chi connectivity index (χ3v) is 1.22. The molecule has 0 bridgehead atoms. The van der Waals surface area contributed by atoms with Crippen molar-refractivity contribution >= 4 is 17.8 Å². The van der Waals surface area contributed by atoms with Gasteiger partial charge in [0.15, 0.2) is 0 Å². The monoisotopic (exact) mass is 201 g/mol. The summed E-state index contributed by atoms with van der Waals surface area (Å²) in [7, 11) is 0. The summed E-state index contributed by atoms with van der Waals surface area (Å²) in [6.07, 6.45) is 0.969. The van der Waals surface area contributed by atoms with Crippen molar-refractivity contribution in [1.82, 2.24) is 5.48 Å². The number of carbonyl (C=O) groups excluding carboxylic acids is 2. The zero-order valence-electron chi connectivity index (χ0n) is 7.49. The molecule has 0 radical (unpaired) electrons. The van der Waals surface area contributed by atoms with Gasteiger partial charge in [-0.05, 0) is 12.5 Å². The topological polar surface area (TPSA) is 92.7 Å². The van der Waals surface area contributed by atoms with Crippen LogP contribution in [0.25, 0.3) is 0 Å². The fourth-order valence-electron chi connectivity index (χ4n) is 0.584. The molecule has 0 aliphatic heterocycles. The molecule has 0 aromatic rings. The van der Waals surface area contributed by atoms with Crippen LogP contribution in [0.1, 0.15) is 19.3 Å². The summed E-state index contributed by atoms with van der Waals surface area (Å²) >= 11 is 0. The van der Waals surface area contributed by atoms with Gasteiger partial charge in [0.2, 0.25) is 0 Å². The lowest BCUT2D eigenvalue weighted by Gasteiger charge is -2.01. The van der Waals surface area contributed by atoms with Crippen LogP contribution in [0.3, 0.4) is 0 Å². The molecular weight excluding hydrogens is 190 g/mol. The van der Waals surface area contributed by atoms with Crippen LogP contribution in [0.5, 0.6) is 0 Å². The van der Waals surface area contributed by atoms with Gasteiger partial charge in [0, 0.05) is 12.8 Å². The number of hydroxylamine groups is 1. The van der Waals surface area contributed by atoms with Crippen LogP contribution < -0.4 is 5.48 Å². The van der Waals surface area contributed by atoms with Crippen molar-refractivity contribution in [3.8, 4) is 0 Å². The van der Waals surface area contributed by atoms with E-state index in [2.05, 4.69) is 11.4 Å². The van der Waals surface area contributed by atoms with Crippen LogP contribution >= 0.6 is 0 Å². The number of aliphatic carboxylic acids is 1. The second-order valence-corrected chi connectivity index (χ2v) is 2.39. The van der Waals surface area contributed by atoms with Crippen molar-refractivity contribution in [2.45, 2.75) is 19.3 Å².